The Bertz CT molecular complexity index is 808. The van der Waals surface area contributed by atoms with Crippen molar-refractivity contribution in [2.24, 2.45) is 0 Å². The first kappa shape index (κ1) is 22.7. The Morgan fingerprint density at radius 1 is 1.07 bits per heavy atom. The number of hydrogen-bond acceptors (Lipinski definition) is 4. The third-order valence-electron chi connectivity index (χ3n) is 4.77. The number of hydrogen-bond donors (Lipinski definition) is 0. The summed E-state index contributed by atoms with van der Waals surface area (Å²) in [5.74, 6) is 1.07. The van der Waals surface area contributed by atoms with Gasteiger partial charge in [0, 0.05) is 26.7 Å². The van der Waals surface area contributed by atoms with E-state index in [2.05, 4.69) is 18.7 Å². The standard InChI is InChI=1S/C23H31FN2O3/c1-17(2)26(15-23(27)25(3)4)12-11-18-9-10-21(22(14-18)28-5)29-16-19-7-6-8-20(24)13-19/h6-10,13-14,17H,11-12,15-16H2,1-5H3. The molecule has 0 saturated carbocycles. The van der Waals surface area contributed by atoms with Crippen LogP contribution in [-0.4, -0.2) is 56.0 Å². The van der Waals surface area contributed by atoms with Crippen molar-refractivity contribution in [3.05, 3.63) is 59.4 Å². The minimum Gasteiger partial charge on any atom is -0.493 e. The molecule has 0 unspecified atom stereocenters. The van der Waals surface area contributed by atoms with E-state index >= 15 is 0 Å². The highest BCUT2D eigenvalue weighted by atomic mass is 19.1. The average Bonchev–Trinajstić information content (AvgIpc) is 2.69. The number of amides is 1. The van der Waals surface area contributed by atoms with Gasteiger partial charge in [-0.1, -0.05) is 18.2 Å². The van der Waals surface area contributed by atoms with E-state index in [1.807, 2.05) is 24.3 Å². The lowest BCUT2D eigenvalue weighted by atomic mass is 10.1. The van der Waals surface area contributed by atoms with Crippen LogP contribution in [0.1, 0.15) is 25.0 Å². The summed E-state index contributed by atoms with van der Waals surface area (Å²) in [4.78, 5) is 15.8. The minimum atomic E-state index is -0.282. The van der Waals surface area contributed by atoms with Gasteiger partial charge < -0.3 is 14.4 Å². The molecule has 0 fully saturated rings. The van der Waals surface area contributed by atoms with Gasteiger partial charge in [-0.25, -0.2) is 4.39 Å². The van der Waals surface area contributed by atoms with Crippen LogP contribution >= 0.6 is 0 Å². The first-order chi connectivity index (χ1) is 13.8. The van der Waals surface area contributed by atoms with Crippen LogP contribution in [0.3, 0.4) is 0 Å². The van der Waals surface area contributed by atoms with Crippen molar-refractivity contribution in [3.63, 3.8) is 0 Å². The third kappa shape index (κ3) is 7.06. The number of carbonyl (C=O) groups is 1. The van der Waals surface area contributed by atoms with Crippen LogP contribution in [-0.2, 0) is 17.8 Å². The Balaban J connectivity index is 2.00. The first-order valence-corrected chi connectivity index (χ1v) is 9.78. The van der Waals surface area contributed by atoms with Gasteiger partial charge in [-0.3, -0.25) is 9.69 Å². The number of methoxy groups -OCH3 is 1. The molecular formula is C23H31FN2O3. The van der Waals surface area contributed by atoms with Crippen molar-refractivity contribution in [1.29, 1.82) is 0 Å². The van der Waals surface area contributed by atoms with E-state index in [9.17, 15) is 9.18 Å². The molecule has 0 spiro atoms. The molecule has 2 aromatic rings. The zero-order valence-corrected chi connectivity index (χ0v) is 17.9. The summed E-state index contributed by atoms with van der Waals surface area (Å²) in [7, 11) is 5.15. The van der Waals surface area contributed by atoms with Gasteiger partial charge in [0.15, 0.2) is 11.5 Å². The normalized spacial score (nSPS) is 11.0. The SMILES string of the molecule is COc1cc(CCN(CC(=O)N(C)C)C(C)C)ccc1OCc1cccc(F)c1. The fourth-order valence-corrected chi connectivity index (χ4v) is 2.88. The fourth-order valence-electron chi connectivity index (χ4n) is 2.88. The summed E-state index contributed by atoms with van der Waals surface area (Å²) in [6.45, 7) is 5.61. The Labute approximate surface area is 173 Å². The molecule has 5 nitrogen and oxygen atoms in total. The highest BCUT2D eigenvalue weighted by Gasteiger charge is 2.16. The van der Waals surface area contributed by atoms with E-state index in [0.717, 1.165) is 24.1 Å². The Kier molecular flexibility index (Phi) is 8.46. The van der Waals surface area contributed by atoms with Gasteiger partial charge in [0.2, 0.25) is 5.91 Å². The Morgan fingerprint density at radius 3 is 2.45 bits per heavy atom. The molecule has 0 aromatic heterocycles. The van der Waals surface area contributed by atoms with Crippen LogP contribution in [0, 0.1) is 5.82 Å². The summed E-state index contributed by atoms with van der Waals surface area (Å²) in [5.41, 5.74) is 1.86. The lowest BCUT2D eigenvalue weighted by Crippen LogP contribution is -2.41. The van der Waals surface area contributed by atoms with Crippen LogP contribution in [0.2, 0.25) is 0 Å². The van der Waals surface area contributed by atoms with Crippen LogP contribution in [0.4, 0.5) is 4.39 Å². The lowest BCUT2D eigenvalue weighted by Gasteiger charge is -2.27. The summed E-state index contributed by atoms with van der Waals surface area (Å²) in [6.07, 6.45) is 0.791. The molecule has 0 aliphatic heterocycles. The smallest absolute Gasteiger partial charge is 0.236 e. The second-order valence-electron chi connectivity index (χ2n) is 7.51. The van der Waals surface area contributed by atoms with E-state index in [1.54, 1.807) is 32.2 Å². The largest absolute Gasteiger partial charge is 0.493 e. The second-order valence-corrected chi connectivity index (χ2v) is 7.51. The molecule has 0 atom stereocenters. The molecule has 0 bridgehead atoms. The molecule has 0 aliphatic rings. The first-order valence-electron chi connectivity index (χ1n) is 9.78. The monoisotopic (exact) mass is 402 g/mol. The highest BCUT2D eigenvalue weighted by Crippen LogP contribution is 2.29. The molecule has 0 aliphatic carbocycles. The topological polar surface area (TPSA) is 42.0 Å². The summed E-state index contributed by atoms with van der Waals surface area (Å²) < 4.78 is 24.6. The molecule has 0 heterocycles. The van der Waals surface area contributed by atoms with E-state index in [-0.39, 0.29) is 24.4 Å². The number of carbonyl (C=O) groups excluding carboxylic acids is 1. The van der Waals surface area contributed by atoms with Crippen molar-refractivity contribution in [2.75, 3.05) is 34.3 Å². The summed E-state index contributed by atoms with van der Waals surface area (Å²) in [6, 6.07) is 12.4. The predicted molar refractivity (Wildman–Crippen MR) is 113 cm³/mol. The fraction of sp³-hybridized carbons (Fsp3) is 0.435. The van der Waals surface area contributed by atoms with E-state index in [4.69, 9.17) is 9.47 Å². The van der Waals surface area contributed by atoms with Crippen LogP contribution < -0.4 is 9.47 Å². The van der Waals surface area contributed by atoms with Crippen molar-refractivity contribution in [2.45, 2.75) is 32.9 Å². The van der Waals surface area contributed by atoms with Gasteiger partial charge in [-0.05, 0) is 55.7 Å². The highest BCUT2D eigenvalue weighted by molar-refractivity contribution is 5.77. The maximum atomic E-state index is 13.3. The van der Waals surface area contributed by atoms with Crippen molar-refractivity contribution < 1.29 is 18.7 Å². The van der Waals surface area contributed by atoms with Gasteiger partial charge in [0.05, 0.1) is 13.7 Å². The van der Waals surface area contributed by atoms with Crippen LogP contribution in [0.5, 0.6) is 11.5 Å². The van der Waals surface area contributed by atoms with Crippen LogP contribution in [0.15, 0.2) is 42.5 Å². The number of benzene rings is 2. The number of ether oxygens (including phenoxy) is 2. The molecule has 0 N–H and O–H groups in total. The quantitative estimate of drug-likeness (QED) is 0.607. The van der Waals surface area contributed by atoms with Crippen molar-refractivity contribution in [1.82, 2.24) is 9.80 Å². The Hall–Kier alpha value is -2.60. The Morgan fingerprint density at radius 2 is 1.83 bits per heavy atom. The van der Waals surface area contributed by atoms with Crippen molar-refractivity contribution >= 4 is 5.91 Å². The number of rotatable bonds is 10. The number of likely N-dealkylation sites (N-methyl/N-ethyl adjacent to an activating group) is 1. The molecular weight excluding hydrogens is 371 g/mol. The van der Waals surface area contributed by atoms with Gasteiger partial charge in [-0.15, -0.1) is 0 Å². The minimum absolute atomic E-state index is 0.0948. The zero-order valence-electron chi connectivity index (χ0n) is 17.9. The average molecular weight is 403 g/mol. The summed E-state index contributed by atoms with van der Waals surface area (Å²) in [5, 5.41) is 0. The molecule has 158 valence electrons. The van der Waals surface area contributed by atoms with Crippen LogP contribution in [0.25, 0.3) is 0 Å². The molecule has 1 amide bonds. The predicted octanol–water partition coefficient (Wildman–Crippen LogP) is 3.75. The van der Waals surface area contributed by atoms with Crippen molar-refractivity contribution in [3.8, 4) is 11.5 Å². The van der Waals surface area contributed by atoms with Gasteiger partial charge >= 0.3 is 0 Å². The maximum absolute atomic E-state index is 13.3. The lowest BCUT2D eigenvalue weighted by molar-refractivity contribution is -0.130. The molecule has 2 aromatic carbocycles. The molecule has 0 saturated heterocycles. The van der Waals surface area contributed by atoms with E-state index < -0.39 is 0 Å². The third-order valence-corrected chi connectivity index (χ3v) is 4.77. The molecule has 6 heteroatoms. The van der Waals surface area contributed by atoms with E-state index in [0.29, 0.717) is 18.0 Å². The van der Waals surface area contributed by atoms with Gasteiger partial charge in [0.1, 0.15) is 12.4 Å². The molecule has 0 radical (unpaired) electrons. The van der Waals surface area contributed by atoms with Gasteiger partial charge in [-0.2, -0.15) is 0 Å². The summed E-state index contributed by atoms with van der Waals surface area (Å²) >= 11 is 0. The van der Waals surface area contributed by atoms with E-state index in [1.165, 1.54) is 12.1 Å². The maximum Gasteiger partial charge on any atom is 0.236 e. The molecule has 29 heavy (non-hydrogen) atoms. The zero-order chi connectivity index (χ0) is 21.4. The number of nitrogens with zero attached hydrogens (tertiary/aromatic N) is 2. The number of halogens is 1. The second kappa shape index (κ2) is 10.8. The molecule has 2 rings (SSSR count). The van der Waals surface area contributed by atoms with Gasteiger partial charge in [0.25, 0.3) is 0 Å².